The zero-order valence-corrected chi connectivity index (χ0v) is 17.6. The van der Waals surface area contributed by atoms with Crippen LogP contribution >= 0.6 is 0 Å². The Balaban J connectivity index is 1.67. The quantitative estimate of drug-likeness (QED) is 0.770. The molecule has 2 amide bonds. The molecule has 0 spiro atoms. The Morgan fingerprint density at radius 2 is 1.72 bits per heavy atom. The van der Waals surface area contributed by atoms with E-state index in [0.717, 1.165) is 16.8 Å². The van der Waals surface area contributed by atoms with E-state index in [1.165, 1.54) is 21.1 Å². The molecule has 1 aromatic heterocycles. The highest BCUT2D eigenvalue weighted by Crippen LogP contribution is 2.27. The minimum absolute atomic E-state index is 0.0345. The summed E-state index contributed by atoms with van der Waals surface area (Å²) in [6, 6.07) is 7.12. The lowest BCUT2D eigenvalue weighted by atomic mass is 9.96. The summed E-state index contributed by atoms with van der Waals surface area (Å²) >= 11 is 0. The first-order valence-electron chi connectivity index (χ1n) is 9.44. The van der Waals surface area contributed by atoms with Crippen LogP contribution in [0.1, 0.15) is 34.5 Å². The van der Waals surface area contributed by atoms with Crippen molar-refractivity contribution >= 4 is 27.5 Å². The highest BCUT2D eigenvalue weighted by molar-refractivity contribution is 7.89. The van der Waals surface area contributed by atoms with E-state index < -0.39 is 15.9 Å². The first-order chi connectivity index (χ1) is 13.6. The van der Waals surface area contributed by atoms with Gasteiger partial charge in [0.2, 0.25) is 15.9 Å². The number of hydrogen-bond donors (Lipinski definition) is 2. The molecule has 1 fully saturated rings. The lowest BCUT2D eigenvalue weighted by molar-refractivity contribution is -0.120. The third-order valence-corrected chi connectivity index (χ3v) is 7.29. The average Bonchev–Trinajstić information content (AvgIpc) is 3.07. The Morgan fingerprint density at radius 3 is 2.24 bits per heavy atom. The van der Waals surface area contributed by atoms with Gasteiger partial charge in [-0.25, -0.2) is 8.42 Å². The van der Waals surface area contributed by atoms with Crippen LogP contribution < -0.4 is 11.1 Å². The zero-order valence-electron chi connectivity index (χ0n) is 16.8. The third-order valence-electron chi connectivity index (χ3n) is 5.42. The minimum Gasteiger partial charge on any atom is -0.364 e. The number of carbonyl (C=O) groups is 2. The summed E-state index contributed by atoms with van der Waals surface area (Å²) in [5, 5.41) is 3.00. The molecular formula is C20H26N4O4S. The molecule has 0 radical (unpaired) electrons. The molecule has 8 nitrogen and oxygen atoms in total. The fourth-order valence-corrected chi connectivity index (χ4v) is 5.21. The van der Waals surface area contributed by atoms with E-state index >= 15 is 0 Å². The van der Waals surface area contributed by atoms with Crippen molar-refractivity contribution in [2.75, 3.05) is 18.4 Å². The van der Waals surface area contributed by atoms with Gasteiger partial charge in [0.25, 0.3) is 5.91 Å². The summed E-state index contributed by atoms with van der Waals surface area (Å²) in [7, 11) is -2.17. The number of sulfonamides is 1. The van der Waals surface area contributed by atoms with Gasteiger partial charge in [-0.05, 0) is 43.9 Å². The molecule has 1 aromatic carbocycles. The first-order valence-corrected chi connectivity index (χ1v) is 10.9. The average molecular weight is 419 g/mol. The van der Waals surface area contributed by atoms with Crippen LogP contribution in [-0.2, 0) is 21.9 Å². The molecule has 2 heterocycles. The van der Waals surface area contributed by atoms with Gasteiger partial charge in [0.1, 0.15) is 10.6 Å². The van der Waals surface area contributed by atoms with Crippen LogP contribution in [0, 0.1) is 19.8 Å². The molecule has 1 aliphatic rings. The lowest BCUT2D eigenvalue weighted by Gasteiger charge is -2.30. The number of hydrogen-bond acceptors (Lipinski definition) is 4. The summed E-state index contributed by atoms with van der Waals surface area (Å²) < 4.78 is 28.5. The van der Waals surface area contributed by atoms with Crippen LogP contribution in [0.2, 0.25) is 0 Å². The maximum atomic E-state index is 12.9. The van der Waals surface area contributed by atoms with E-state index in [4.69, 9.17) is 5.73 Å². The van der Waals surface area contributed by atoms with Crippen molar-refractivity contribution in [1.82, 2.24) is 8.87 Å². The first kappa shape index (κ1) is 21.1. The molecule has 0 bridgehead atoms. The number of nitrogens with one attached hydrogen (secondary N) is 1. The molecular weight excluding hydrogens is 392 g/mol. The summed E-state index contributed by atoms with van der Waals surface area (Å²) in [6.07, 6.45) is 2.26. The number of carbonyl (C=O) groups excluding carboxylic acids is 2. The minimum atomic E-state index is -3.75. The number of nitrogens with zero attached hydrogens (tertiary/aromatic N) is 2. The van der Waals surface area contributed by atoms with E-state index in [9.17, 15) is 18.0 Å². The molecule has 0 aliphatic carbocycles. The fourth-order valence-electron chi connectivity index (χ4n) is 3.66. The number of benzene rings is 1. The number of para-hydroxylation sites is 1. The number of aromatic nitrogens is 1. The van der Waals surface area contributed by atoms with Gasteiger partial charge in [-0.2, -0.15) is 4.31 Å². The maximum absolute atomic E-state index is 12.9. The number of primary amides is 1. The van der Waals surface area contributed by atoms with E-state index in [1.54, 1.807) is 7.05 Å². The SMILES string of the molecule is Cc1cccc(C)c1NC(=O)C1CCN(S(=O)(=O)c2cc(C(N)=O)n(C)c2)CC1. The van der Waals surface area contributed by atoms with Crippen LogP contribution in [0.4, 0.5) is 5.69 Å². The smallest absolute Gasteiger partial charge is 0.265 e. The molecule has 2 aromatic rings. The molecule has 1 saturated heterocycles. The predicted octanol–water partition coefficient (Wildman–Crippen LogP) is 1.78. The number of anilines is 1. The Morgan fingerprint density at radius 1 is 1.14 bits per heavy atom. The molecule has 3 N–H and O–H groups in total. The van der Waals surface area contributed by atoms with E-state index in [1.807, 2.05) is 32.0 Å². The molecule has 0 saturated carbocycles. The molecule has 156 valence electrons. The zero-order chi connectivity index (χ0) is 21.3. The Hall–Kier alpha value is -2.65. The fraction of sp³-hybridized carbons (Fsp3) is 0.400. The number of rotatable bonds is 5. The third kappa shape index (κ3) is 4.20. The normalized spacial score (nSPS) is 16.0. The lowest BCUT2D eigenvalue weighted by Crippen LogP contribution is -2.41. The molecule has 1 aliphatic heterocycles. The van der Waals surface area contributed by atoms with Gasteiger partial charge >= 0.3 is 0 Å². The number of aryl methyl sites for hydroxylation is 3. The summed E-state index contributed by atoms with van der Waals surface area (Å²) in [6.45, 7) is 4.37. The van der Waals surface area contributed by atoms with Crippen LogP contribution in [-0.4, -0.2) is 42.2 Å². The second-order valence-corrected chi connectivity index (χ2v) is 9.41. The molecule has 0 atom stereocenters. The van der Waals surface area contributed by atoms with Crippen molar-refractivity contribution in [3.63, 3.8) is 0 Å². The Labute approximate surface area is 170 Å². The number of amides is 2. The van der Waals surface area contributed by atoms with Crippen molar-refractivity contribution < 1.29 is 18.0 Å². The van der Waals surface area contributed by atoms with Gasteiger partial charge in [0.05, 0.1) is 0 Å². The second kappa shape index (κ2) is 8.00. The van der Waals surface area contributed by atoms with E-state index in [2.05, 4.69) is 5.32 Å². The van der Waals surface area contributed by atoms with Gasteiger partial charge in [0.15, 0.2) is 0 Å². The second-order valence-electron chi connectivity index (χ2n) is 7.47. The monoisotopic (exact) mass is 418 g/mol. The van der Waals surface area contributed by atoms with Crippen LogP contribution in [0.25, 0.3) is 0 Å². The number of piperidine rings is 1. The van der Waals surface area contributed by atoms with Gasteiger partial charge < -0.3 is 15.6 Å². The van der Waals surface area contributed by atoms with Crippen molar-refractivity contribution in [3.05, 3.63) is 47.3 Å². The molecule has 3 rings (SSSR count). The van der Waals surface area contributed by atoms with Gasteiger partial charge in [-0.3, -0.25) is 9.59 Å². The maximum Gasteiger partial charge on any atom is 0.265 e. The van der Waals surface area contributed by atoms with Crippen LogP contribution in [0.15, 0.2) is 35.4 Å². The van der Waals surface area contributed by atoms with E-state index in [-0.39, 0.29) is 35.5 Å². The van der Waals surface area contributed by atoms with Gasteiger partial charge in [-0.1, -0.05) is 18.2 Å². The van der Waals surface area contributed by atoms with Crippen molar-refractivity contribution in [1.29, 1.82) is 0 Å². The molecule has 0 unspecified atom stereocenters. The summed E-state index contributed by atoms with van der Waals surface area (Å²) in [5.41, 5.74) is 8.21. The number of nitrogens with two attached hydrogens (primary N) is 1. The topological polar surface area (TPSA) is 114 Å². The summed E-state index contributed by atoms with van der Waals surface area (Å²) in [4.78, 5) is 24.1. The van der Waals surface area contributed by atoms with Crippen molar-refractivity contribution in [3.8, 4) is 0 Å². The predicted molar refractivity (Wildman–Crippen MR) is 110 cm³/mol. The van der Waals surface area contributed by atoms with E-state index in [0.29, 0.717) is 12.8 Å². The highest BCUT2D eigenvalue weighted by atomic mass is 32.2. The van der Waals surface area contributed by atoms with Crippen LogP contribution in [0.3, 0.4) is 0 Å². The molecule has 9 heteroatoms. The Kier molecular flexibility index (Phi) is 5.81. The standard InChI is InChI=1S/C20H26N4O4S/c1-13-5-4-6-14(2)18(13)22-20(26)15-7-9-24(10-8-15)29(27,28)16-11-17(19(21)25)23(3)12-16/h4-6,11-12,15H,7-10H2,1-3H3,(H2,21,25)(H,22,26). The van der Waals surface area contributed by atoms with Crippen LogP contribution in [0.5, 0.6) is 0 Å². The van der Waals surface area contributed by atoms with Crippen molar-refractivity contribution in [2.45, 2.75) is 31.6 Å². The van der Waals surface area contributed by atoms with Gasteiger partial charge in [0, 0.05) is 37.9 Å². The summed E-state index contributed by atoms with van der Waals surface area (Å²) in [5.74, 6) is -1.02. The van der Waals surface area contributed by atoms with Gasteiger partial charge in [-0.15, -0.1) is 0 Å². The highest BCUT2D eigenvalue weighted by Gasteiger charge is 2.33. The largest absolute Gasteiger partial charge is 0.364 e. The van der Waals surface area contributed by atoms with Crippen molar-refractivity contribution in [2.24, 2.45) is 18.7 Å². The molecule has 29 heavy (non-hydrogen) atoms. The Bertz CT molecular complexity index is 1030.